The van der Waals surface area contributed by atoms with Crippen molar-refractivity contribution in [3.05, 3.63) is 0 Å². The van der Waals surface area contributed by atoms with Gasteiger partial charge in [0, 0.05) is 0 Å². The molecule has 0 aromatic rings. The summed E-state index contributed by atoms with van der Waals surface area (Å²) in [5.74, 6) is 0. The maximum atomic E-state index is 4.62. The fourth-order valence-electron chi connectivity index (χ4n) is 0.343. The van der Waals surface area contributed by atoms with Gasteiger partial charge in [0.15, 0.2) is 0 Å². The van der Waals surface area contributed by atoms with Crippen LogP contribution in [-0.4, -0.2) is 9.94 Å². The maximum absolute atomic E-state index is 4.62. The minimum atomic E-state index is -0.222. The molecule has 0 N–H and O–H groups in total. The molecule has 0 fully saturated rings. The first kappa shape index (κ1) is 11.4. The molecule has 1 nitrogen and oxygen atoms in total. The van der Waals surface area contributed by atoms with Gasteiger partial charge in [0.25, 0.3) is 0 Å². The Kier molecular flexibility index (Phi) is 3.97. The van der Waals surface area contributed by atoms with Gasteiger partial charge in [0.05, 0.1) is 0 Å². The molecule has 0 heterocycles. The molecular weight excluding hydrogens is 218 g/mol. The van der Waals surface area contributed by atoms with E-state index in [1.54, 1.807) is 0 Å². The van der Waals surface area contributed by atoms with Crippen LogP contribution in [0.15, 0.2) is 3.50 Å². The molecule has 0 aliphatic rings. The van der Waals surface area contributed by atoms with Crippen molar-refractivity contribution in [1.82, 2.24) is 0 Å². The Balaban J connectivity index is 4.25. The fraction of sp³-hybridized carbons (Fsp3) is 0.889. The molecule has 0 rings (SSSR count). The normalized spacial score (nSPS) is 12.5. The second-order valence-electron chi connectivity index (χ2n) is 4.85. The Labute approximate surface area is 78.5 Å². The van der Waals surface area contributed by atoms with Crippen LogP contribution < -0.4 is 0 Å². The third-order valence-electron chi connectivity index (χ3n) is 0.733. The molecule has 0 unspecified atom stereocenters. The first-order valence-electron chi connectivity index (χ1n) is 3.93. The second kappa shape index (κ2) is 3.85. The molecule has 0 aromatic carbocycles. The molecule has 66 valence electrons. The summed E-state index contributed by atoms with van der Waals surface area (Å²) >= 11 is -0.222. The van der Waals surface area contributed by atoms with Crippen molar-refractivity contribution in [1.29, 1.82) is 0 Å². The Hall–Kier alpha value is 0.358. The zero-order valence-corrected chi connectivity index (χ0v) is 10.4. The fourth-order valence-corrected chi connectivity index (χ4v) is 2.03. The van der Waals surface area contributed by atoms with Crippen LogP contribution in [0.1, 0.15) is 41.5 Å². The van der Waals surface area contributed by atoms with Crippen LogP contribution in [0.4, 0.5) is 0 Å². The summed E-state index contributed by atoms with van der Waals surface area (Å²) in [7, 11) is 0. The molecular formula is C9H19MoN. The molecule has 0 atom stereocenters. The number of nitrogens with zero attached hydrogens (tertiary/aromatic N) is 1. The van der Waals surface area contributed by atoms with Gasteiger partial charge < -0.3 is 0 Å². The summed E-state index contributed by atoms with van der Waals surface area (Å²) in [5.41, 5.74) is 0.529. The van der Waals surface area contributed by atoms with Crippen LogP contribution in [0.25, 0.3) is 0 Å². The predicted octanol–water partition coefficient (Wildman–Crippen LogP) is 2.90. The number of hydrogen-bond acceptors (Lipinski definition) is 1. The van der Waals surface area contributed by atoms with Gasteiger partial charge in [0.1, 0.15) is 0 Å². The van der Waals surface area contributed by atoms with Gasteiger partial charge in [-0.2, -0.15) is 0 Å². The van der Waals surface area contributed by atoms with Gasteiger partial charge >= 0.3 is 78.3 Å². The van der Waals surface area contributed by atoms with Crippen molar-refractivity contribution in [3.63, 3.8) is 0 Å². The average Bonchev–Trinajstić information content (AvgIpc) is 1.55. The van der Waals surface area contributed by atoms with Gasteiger partial charge in [-0.15, -0.1) is 0 Å². The first-order chi connectivity index (χ1) is 4.71. The third kappa shape index (κ3) is 10.4. The van der Waals surface area contributed by atoms with Crippen molar-refractivity contribution in [2.75, 3.05) is 0 Å². The number of rotatable bonds is 0. The molecule has 0 saturated heterocycles. The molecule has 0 radical (unpaired) electrons. The zero-order valence-electron chi connectivity index (χ0n) is 8.43. The van der Waals surface area contributed by atoms with Crippen LogP contribution in [0.2, 0.25) is 0 Å². The summed E-state index contributed by atoms with van der Waals surface area (Å²) < 4.78 is 6.99. The number of hydrogen-bond donors (Lipinski definition) is 0. The molecule has 0 spiro atoms. The van der Waals surface area contributed by atoms with E-state index >= 15 is 0 Å². The van der Waals surface area contributed by atoms with Crippen molar-refractivity contribution < 1.29 is 17.9 Å². The van der Waals surface area contributed by atoms with Crippen molar-refractivity contribution in [2.45, 2.75) is 47.1 Å². The van der Waals surface area contributed by atoms with Crippen molar-refractivity contribution in [2.24, 2.45) is 8.91 Å². The molecule has 2 heteroatoms. The van der Waals surface area contributed by atoms with E-state index in [0.29, 0.717) is 5.41 Å². The average molecular weight is 237 g/mol. The van der Waals surface area contributed by atoms with Crippen molar-refractivity contribution >= 4 is 4.40 Å². The predicted molar refractivity (Wildman–Crippen MR) is 47.7 cm³/mol. The van der Waals surface area contributed by atoms with Crippen LogP contribution in [0.3, 0.4) is 0 Å². The summed E-state index contributed by atoms with van der Waals surface area (Å²) in [6.45, 7) is 13.2. The van der Waals surface area contributed by atoms with Crippen LogP contribution >= 0.6 is 0 Å². The van der Waals surface area contributed by atoms with E-state index in [4.69, 9.17) is 0 Å². The van der Waals surface area contributed by atoms with Gasteiger partial charge in [-0.05, 0) is 0 Å². The zero-order chi connectivity index (χ0) is 9.12. The topological polar surface area (TPSA) is 12.4 Å². The van der Waals surface area contributed by atoms with Crippen LogP contribution in [-0.2, 0) is 17.9 Å². The molecule has 0 aromatic heterocycles. The second-order valence-corrected chi connectivity index (χ2v) is 6.40. The Bertz CT molecular complexity index is 157. The first-order valence-corrected chi connectivity index (χ1v) is 5.99. The van der Waals surface area contributed by atoms with Crippen molar-refractivity contribution in [3.8, 4) is 0 Å². The Morgan fingerprint density at radius 3 is 1.73 bits per heavy atom. The minimum absolute atomic E-state index is 0.171. The van der Waals surface area contributed by atoms with E-state index in [9.17, 15) is 0 Å². The van der Waals surface area contributed by atoms with E-state index in [2.05, 4.69) is 49.4 Å². The molecule has 0 saturated carbocycles. The monoisotopic (exact) mass is 239 g/mol. The SMILES string of the molecule is CC(C)(C)[CH]=[Mo]=[N]C(C)(C)C. The molecule has 0 aliphatic carbocycles. The third-order valence-corrected chi connectivity index (χ3v) is 4.34. The summed E-state index contributed by atoms with van der Waals surface area (Å²) in [5, 5.41) is 0. The van der Waals surface area contributed by atoms with Crippen LogP contribution in [0, 0.1) is 5.41 Å². The van der Waals surface area contributed by atoms with Crippen LogP contribution in [0.5, 0.6) is 0 Å². The van der Waals surface area contributed by atoms with E-state index < -0.39 is 0 Å². The van der Waals surface area contributed by atoms with E-state index in [-0.39, 0.29) is 23.5 Å². The summed E-state index contributed by atoms with van der Waals surface area (Å²) in [6, 6.07) is 0. The molecule has 0 amide bonds. The summed E-state index contributed by atoms with van der Waals surface area (Å²) in [6.07, 6.45) is 0. The Morgan fingerprint density at radius 1 is 1.00 bits per heavy atom. The van der Waals surface area contributed by atoms with E-state index in [1.165, 1.54) is 0 Å². The molecule has 0 aliphatic heterocycles. The quantitative estimate of drug-likeness (QED) is 0.574. The van der Waals surface area contributed by atoms with Gasteiger partial charge in [-0.3, -0.25) is 0 Å². The van der Waals surface area contributed by atoms with E-state index in [1.807, 2.05) is 0 Å². The Morgan fingerprint density at radius 2 is 1.45 bits per heavy atom. The molecule has 11 heavy (non-hydrogen) atoms. The standard InChI is InChI=1S/C5H10.C4H9N.Mo/c1-5(2,3)4;1-4(2,3)5;/h1H,2-4H3;1-3H3;. The van der Waals surface area contributed by atoms with Gasteiger partial charge in [0.2, 0.25) is 0 Å². The molecule has 0 bridgehead atoms. The van der Waals surface area contributed by atoms with Gasteiger partial charge in [-0.25, -0.2) is 0 Å². The summed E-state index contributed by atoms with van der Waals surface area (Å²) in [4.78, 5) is 0. The van der Waals surface area contributed by atoms with E-state index in [0.717, 1.165) is 0 Å². The van der Waals surface area contributed by atoms with Gasteiger partial charge in [-0.1, -0.05) is 0 Å².